The van der Waals surface area contributed by atoms with Crippen LogP contribution in [0.4, 0.5) is 0 Å². The molecule has 0 aromatic rings. The van der Waals surface area contributed by atoms with Crippen molar-refractivity contribution in [3.8, 4) is 0 Å². The van der Waals surface area contributed by atoms with Crippen molar-refractivity contribution < 1.29 is 9.53 Å². The monoisotopic (exact) mass is 393 g/mol. The molecule has 2 N–H and O–H groups in total. The molecule has 5 nitrogen and oxygen atoms in total. The molecule has 0 aromatic carbocycles. The molecule has 2 rings (SSSR count). The molecule has 0 radical (unpaired) electrons. The molecular weight excluding hydrogens is 350 g/mol. The van der Waals surface area contributed by atoms with Crippen molar-refractivity contribution in [2.24, 2.45) is 11.8 Å². The smallest absolute Gasteiger partial charge is 0.216 e. The summed E-state index contributed by atoms with van der Waals surface area (Å²) in [4.78, 5) is 12.4. The molecule has 0 bridgehead atoms. The summed E-state index contributed by atoms with van der Waals surface area (Å²) < 4.78 is 6.11. The molecule has 0 aromatic heterocycles. The van der Waals surface area contributed by atoms with E-state index in [-0.39, 0.29) is 12.0 Å². The Morgan fingerprint density at radius 3 is 2.64 bits per heavy atom. The van der Waals surface area contributed by atoms with Crippen LogP contribution in [-0.2, 0) is 9.53 Å². The van der Waals surface area contributed by atoms with Crippen LogP contribution in [0.25, 0.3) is 0 Å². The molecule has 3 atom stereocenters. The second kappa shape index (κ2) is 13.2. The molecular formula is C23H43N3O2. The number of carbonyl (C=O) groups is 1. The maximum absolute atomic E-state index is 11.0. The molecule has 2 saturated carbocycles. The van der Waals surface area contributed by atoms with Crippen LogP contribution >= 0.6 is 0 Å². The van der Waals surface area contributed by atoms with Crippen LogP contribution in [0.5, 0.6) is 0 Å². The van der Waals surface area contributed by atoms with Gasteiger partial charge in [0.05, 0.1) is 6.10 Å². The van der Waals surface area contributed by atoms with Gasteiger partial charge in [-0.2, -0.15) is 0 Å². The Morgan fingerprint density at radius 2 is 1.93 bits per heavy atom. The summed E-state index contributed by atoms with van der Waals surface area (Å²) in [5.41, 5.74) is 0. The Kier molecular flexibility index (Phi) is 10.9. The Morgan fingerprint density at radius 1 is 1.18 bits per heavy atom. The molecule has 28 heavy (non-hydrogen) atoms. The fraction of sp³-hybridized carbons (Fsp3) is 0.913. The molecule has 1 amide bonds. The van der Waals surface area contributed by atoms with Gasteiger partial charge >= 0.3 is 0 Å². The Bertz CT molecular complexity index is 451. The number of nitrogens with zero attached hydrogens (tertiary/aromatic N) is 1. The molecule has 0 heterocycles. The Hall–Kier alpha value is -1.10. The van der Waals surface area contributed by atoms with E-state index in [1.54, 1.807) is 7.05 Å². The minimum atomic E-state index is 0.232. The number of rotatable bonds is 11. The summed E-state index contributed by atoms with van der Waals surface area (Å²) in [5.74, 6) is 1.75. The molecule has 2 aliphatic carbocycles. The van der Waals surface area contributed by atoms with Gasteiger partial charge in [-0.3, -0.25) is 15.1 Å². The summed E-state index contributed by atoms with van der Waals surface area (Å²) >= 11 is 0. The van der Waals surface area contributed by atoms with Gasteiger partial charge in [-0.1, -0.05) is 58.3 Å². The van der Waals surface area contributed by atoms with E-state index < -0.39 is 0 Å². The quantitative estimate of drug-likeness (QED) is 0.222. The van der Waals surface area contributed by atoms with Crippen molar-refractivity contribution in [2.45, 2.75) is 109 Å². The lowest BCUT2D eigenvalue weighted by Crippen LogP contribution is -2.44. The molecule has 0 saturated heterocycles. The van der Waals surface area contributed by atoms with Gasteiger partial charge < -0.3 is 10.1 Å². The van der Waals surface area contributed by atoms with E-state index in [1.807, 2.05) is 0 Å². The molecule has 162 valence electrons. The topological polar surface area (TPSA) is 65.4 Å². The number of carbonyl (C=O) groups excluding carboxylic acids is 1. The van der Waals surface area contributed by atoms with E-state index in [0.717, 1.165) is 38.2 Å². The van der Waals surface area contributed by atoms with Crippen LogP contribution in [0, 0.1) is 17.2 Å². The third-order valence-electron chi connectivity index (χ3n) is 6.70. The van der Waals surface area contributed by atoms with Gasteiger partial charge in [0.1, 0.15) is 0 Å². The van der Waals surface area contributed by atoms with Crippen molar-refractivity contribution in [1.29, 1.82) is 5.41 Å². The first-order valence-electron chi connectivity index (χ1n) is 11.8. The van der Waals surface area contributed by atoms with Crippen molar-refractivity contribution in [3.05, 3.63) is 0 Å². The van der Waals surface area contributed by atoms with E-state index in [2.05, 4.69) is 12.2 Å². The number of ether oxygens (including phenoxy) is 1. The third kappa shape index (κ3) is 8.50. The standard InChI is InChI=1S/C23H43N3O2/c1-3-4-15-28-22-12-8-11-20(17-22)16-21(25-23(24)26(2)18-27)14-13-19-9-6-5-7-10-19/h18-22H,3-17H2,1-2H3,(H2,24,25)/t20-,21?,22+/m1/s1. The number of hydrogen-bond donors (Lipinski definition) is 2. The number of guanidine groups is 1. The zero-order valence-electron chi connectivity index (χ0n) is 18.3. The van der Waals surface area contributed by atoms with Crippen LogP contribution < -0.4 is 5.32 Å². The fourth-order valence-electron chi connectivity index (χ4n) is 4.91. The highest BCUT2D eigenvalue weighted by atomic mass is 16.5. The fourth-order valence-corrected chi connectivity index (χ4v) is 4.91. The number of hydrogen-bond acceptors (Lipinski definition) is 3. The lowest BCUT2D eigenvalue weighted by atomic mass is 9.80. The first kappa shape index (κ1) is 23.2. The summed E-state index contributed by atoms with van der Waals surface area (Å²) in [6.07, 6.45) is 18.7. The van der Waals surface area contributed by atoms with Crippen molar-refractivity contribution in [3.63, 3.8) is 0 Å². The molecule has 0 aliphatic heterocycles. The Balaban J connectivity index is 1.85. The summed E-state index contributed by atoms with van der Waals surface area (Å²) in [7, 11) is 1.65. The van der Waals surface area contributed by atoms with Crippen molar-refractivity contribution in [1.82, 2.24) is 10.2 Å². The van der Waals surface area contributed by atoms with Gasteiger partial charge in [-0.15, -0.1) is 0 Å². The average molecular weight is 394 g/mol. The van der Waals surface area contributed by atoms with E-state index in [1.165, 1.54) is 69.1 Å². The van der Waals surface area contributed by atoms with Gasteiger partial charge in [0, 0.05) is 19.7 Å². The lowest BCUT2D eigenvalue weighted by molar-refractivity contribution is -0.114. The zero-order valence-corrected chi connectivity index (χ0v) is 18.3. The minimum absolute atomic E-state index is 0.232. The highest BCUT2D eigenvalue weighted by Crippen LogP contribution is 2.32. The molecule has 5 heteroatoms. The molecule has 2 fully saturated rings. The van der Waals surface area contributed by atoms with Gasteiger partial charge in [0.25, 0.3) is 0 Å². The maximum atomic E-state index is 11.0. The summed E-state index contributed by atoms with van der Waals surface area (Å²) in [5, 5.41) is 11.5. The third-order valence-corrected chi connectivity index (χ3v) is 6.70. The van der Waals surface area contributed by atoms with E-state index >= 15 is 0 Å². The SMILES string of the molecule is CCCCO[C@H]1CCC[C@H](CC(CCC2CCCCC2)NC(=N)N(C)C=O)C1. The highest BCUT2D eigenvalue weighted by molar-refractivity contribution is 5.86. The van der Waals surface area contributed by atoms with Crippen LogP contribution in [-0.4, -0.2) is 43.1 Å². The largest absolute Gasteiger partial charge is 0.378 e. The second-order valence-electron chi connectivity index (χ2n) is 9.10. The van der Waals surface area contributed by atoms with E-state index in [0.29, 0.717) is 18.4 Å². The van der Waals surface area contributed by atoms with Crippen LogP contribution in [0.1, 0.15) is 96.8 Å². The van der Waals surface area contributed by atoms with E-state index in [9.17, 15) is 4.79 Å². The molecule has 0 spiro atoms. The Labute approximate surface area is 172 Å². The van der Waals surface area contributed by atoms with Gasteiger partial charge in [-0.05, 0) is 50.4 Å². The van der Waals surface area contributed by atoms with E-state index in [4.69, 9.17) is 10.1 Å². The molecule has 2 aliphatic rings. The predicted octanol–water partition coefficient (Wildman–Crippen LogP) is 5.09. The number of unbranched alkanes of at least 4 members (excludes halogenated alkanes) is 1. The molecule has 1 unspecified atom stereocenters. The number of nitrogens with one attached hydrogen (secondary N) is 2. The van der Waals surface area contributed by atoms with Crippen molar-refractivity contribution in [2.75, 3.05) is 13.7 Å². The van der Waals surface area contributed by atoms with Gasteiger partial charge in [0.15, 0.2) is 5.96 Å². The van der Waals surface area contributed by atoms with Crippen LogP contribution in [0.2, 0.25) is 0 Å². The average Bonchev–Trinajstić information content (AvgIpc) is 2.72. The van der Waals surface area contributed by atoms with Gasteiger partial charge in [0.2, 0.25) is 6.41 Å². The number of amides is 1. The van der Waals surface area contributed by atoms with Crippen LogP contribution in [0.15, 0.2) is 0 Å². The minimum Gasteiger partial charge on any atom is -0.378 e. The van der Waals surface area contributed by atoms with Crippen LogP contribution in [0.3, 0.4) is 0 Å². The second-order valence-corrected chi connectivity index (χ2v) is 9.10. The predicted molar refractivity (Wildman–Crippen MR) is 116 cm³/mol. The first-order chi connectivity index (χ1) is 13.6. The highest BCUT2D eigenvalue weighted by Gasteiger charge is 2.26. The van der Waals surface area contributed by atoms with Gasteiger partial charge in [-0.25, -0.2) is 0 Å². The first-order valence-corrected chi connectivity index (χ1v) is 11.8. The lowest BCUT2D eigenvalue weighted by Gasteiger charge is -2.33. The normalized spacial score (nSPS) is 24.5. The zero-order chi connectivity index (χ0) is 20.2. The maximum Gasteiger partial charge on any atom is 0.216 e. The van der Waals surface area contributed by atoms with Crippen molar-refractivity contribution >= 4 is 12.4 Å². The summed E-state index contributed by atoms with van der Waals surface area (Å²) in [6.45, 7) is 3.10. The summed E-state index contributed by atoms with van der Waals surface area (Å²) in [6, 6.07) is 0.288.